The van der Waals surface area contributed by atoms with Gasteiger partial charge >= 0.3 is 5.97 Å². The van der Waals surface area contributed by atoms with Gasteiger partial charge in [0.15, 0.2) is 0 Å². The van der Waals surface area contributed by atoms with E-state index in [1.165, 1.54) is 6.92 Å². The first kappa shape index (κ1) is 17.9. The van der Waals surface area contributed by atoms with Gasteiger partial charge in [-0.2, -0.15) is 0 Å². The standard InChI is InChI=1S/C12H21N3O5/c1-7(2)4-9(12(19)20)15-11(18)6-14-10(17)5-13-8(3)16/h7,9H,4-6H2,1-3H3,(H,13,16)(H,14,17)(H,15,18)(H,19,20)/t9-/m1/s1. The smallest absolute Gasteiger partial charge is 0.326 e. The summed E-state index contributed by atoms with van der Waals surface area (Å²) in [5.74, 6) is -2.46. The van der Waals surface area contributed by atoms with E-state index in [1.54, 1.807) is 0 Å². The lowest BCUT2D eigenvalue weighted by atomic mass is 10.0. The van der Waals surface area contributed by atoms with Crippen molar-refractivity contribution in [2.24, 2.45) is 5.92 Å². The van der Waals surface area contributed by atoms with Gasteiger partial charge in [0.2, 0.25) is 17.7 Å². The number of rotatable bonds is 8. The number of hydrogen-bond acceptors (Lipinski definition) is 4. The van der Waals surface area contributed by atoms with Crippen LogP contribution < -0.4 is 16.0 Å². The van der Waals surface area contributed by atoms with Crippen LogP contribution in [0.2, 0.25) is 0 Å². The Morgan fingerprint density at radius 3 is 2.00 bits per heavy atom. The Morgan fingerprint density at radius 1 is 1.00 bits per heavy atom. The van der Waals surface area contributed by atoms with Crippen LogP contribution in [0.4, 0.5) is 0 Å². The minimum atomic E-state index is -1.11. The first-order valence-corrected chi connectivity index (χ1v) is 6.25. The second-order valence-corrected chi connectivity index (χ2v) is 4.77. The molecule has 0 bridgehead atoms. The molecular weight excluding hydrogens is 266 g/mol. The van der Waals surface area contributed by atoms with Gasteiger partial charge < -0.3 is 21.1 Å². The molecule has 8 nitrogen and oxygen atoms in total. The molecule has 114 valence electrons. The van der Waals surface area contributed by atoms with E-state index < -0.39 is 23.8 Å². The number of amides is 3. The molecule has 0 spiro atoms. The zero-order chi connectivity index (χ0) is 15.7. The Balaban J connectivity index is 4.10. The summed E-state index contributed by atoms with van der Waals surface area (Å²) in [6.07, 6.45) is 0.306. The van der Waals surface area contributed by atoms with Crippen LogP contribution in [0.5, 0.6) is 0 Å². The molecule has 4 N–H and O–H groups in total. The van der Waals surface area contributed by atoms with E-state index in [0.717, 1.165) is 0 Å². The van der Waals surface area contributed by atoms with Crippen LogP contribution >= 0.6 is 0 Å². The Morgan fingerprint density at radius 2 is 1.55 bits per heavy atom. The maximum absolute atomic E-state index is 11.5. The molecule has 0 saturated carbocycles. The summed E-state index contributed by atoms with van der Waals surface area (Å²) in [7, 11) is 0. The second-order valence-electron chi connectivity index (χ2n) is 4.77. The Bertz CT molecular complexity index is 381. The molecule has 20 heavy (non-hydrogen) atoms. The van der Waals surface area contributed by atoms with Crippen molar-refractivity contribution in [1.29, 1.82) is 0 Å². The highest BCUT2D eigenvalue weighted by Crippen LogP contribution is 2.04. The summed E-state index contributed by atoms with van der Waals surface area (Å²) in [6, 6.07) is -0.977. The van der Waals surface area contributed by atoms with E-state index in [9.17, 15) is 19.2 Å². The van der Waals surface area contributed by atoms with Gasteiger partial charge in [0, 0.05) is 6.92 Å². The molecule has 0 aliphatic rings. The van der Waals surface area contributed by atoms with Gasteiger partial charge in [0.1, 0.15) is 6.04 Å². The number of carbonyl (C=O) groups is 4. The van der Waals surface area contributed by atoms with Crippen LogP contribution in [-0.2, 0) is 19.2 Å². The van der Waals surface area contributed by atoms with E-state index >= 15 is 0 Å². The molecule has 0 heterocycles. The van der Waals surface area contributed by atoms with Crippen molar-refractivity contribution < 1.29 is 24.3 Å². The van der Waals surface area contributed by atoms with Crippen molar-refractivity contribution in [2.45, 2.75) is 33.2 Å². The fourth-order valence-electron chi connectivity index (χ4n) is 1.38. The number of carboxylic acid groups (broad SMARTS) is 1. The van der Waals surface area contributed by atoms with Crippen LogP contribution in [0.1, 0.15) is 27.2 Å². The van der Waals surface area contributed by atoms with Crippen LogP contribution in [0.25, 0.3) is 0 Å². The zero-order valence-corrected chi connectivity index (χ0v) is 11.9. The highest BCUT2D eigenvalue weighted by molar-refractivity contribution is 5.89. The van der Waals surface area contributed by atoms with E-state index in [2.05, 4.69) is 16.0 Å². The van der Waals surface area contributed by atoms with Crippen LogP contribution in [-0.4, -0.2) is 47.9 Å². The summed E-state index contributed by atoms with van der Waals surface area (Å²) in [6.45, 7) is 4.40. The molecular formula is C12H21N3O5. The molecule has 8 heteroatoms. The van der Waals surface area contributed by atoms with Crippen molar-refractivity contribution in [2.75, 3.05) is 13.1 Å². The third-order valence-electron chi connectivity index (χ3n) is 2.28. The third-order valence-corrected chi connectivity index (χ3v) is 2.28. The van der Waals surface area contributed by atoms with Crippen molar-refractivity contribution in [3.8, 4) is 0 Å². The van der Waals surface area contributed by atoms with E-state index in [-0.39, 0.29) is 24.9 Å². The van der Waals surface area contributed by atoms with Crippen LogP contribution in [0.3, 0.4) is 0 Å². The molecule has 0 saturated heterocycles. The highest BCUT2D eigenvalue weighted by Gasteiger charge is 2.21. The van der Waals surface area contributed by atoms with Crippen molar-refractivity contribution >= 4 is 23.7 Å². The predicted octanol–water partition coefficient (Wildman–Crippen LogP) is -1.15. The van der Waals surface area contributed by atoms with Gasteiger partial charge in [-0.3, -0.25) is 14.4 Å². The largest absolute Gasteiger partial charge is 0.480 e. The number of hydrogen-bond donors (Lipinski definition) is 4. The molecule has 0 aromatic carbocycles. The molecule has 0 aromatic rings. The van der Waals surface area contributed by atoms with Gasteiger partial charge in [-0.05, 0) is 12.3 Å². The summed E-state index contributed by atoms with van der Waals surface area (Å²) in [5.41, 5.74) is 0. The highest BCUT2D eigenvalue weighted by atomic mass is 16.4. The van der Waals surface area contributed by atoms with E-state index in [0.29, 0.717) is 6.42 Å². The third kappa shape index (κ3) is 8.90. The Labute approximate surface area is 117 Å². The summed E-state index contributed by atoms with van der Waals surface area (Å²) in [4.78, 5) is 44.2. The molecule has 0 aliphatic heterocycles. The monoisotopic (exact) mass is 287 g/mol. The molecule has 0 unspecified atom stereocenters. The maximum Gasteiger partial charge on any atom is 0.326 e. The van der Waals surface area contributed by atoms with Crippen LogP contribution in [0.15, 0.2) is 0 Å². The molecule has 0 fully saturated rings. The normalized spacial score (nSPS) is 11.6. The second kappa shape index (κ2) is 8.89. The topological polar surface area (TPSA) is 125 Å². The number of aliphatic carboxylic acids is 1. The van der Waals surface area contributed by atoms with Gasteiger partial charge in [0.05, 0.1) is 13.1 Å². The van der Waals surface area contributed by atoms with Crippen molar-refractivity contribution in [3.05, 3.63) is 0 Å². The predicted molar refractivity (Wildman–Crippen MR) is 70.7 cm³/mol. The zero-order valence-electron chi connectivity index (χ0n) is 11.9. The molecule has 3 amide bonds. The quantitative estimate of drug-likeness (QED) is 0.449. The molecule has 0 rings (SSSR count). The first-order valence-electron chi connectivity index (χ1n) is 6.25. The number of carboxylic acids is 1. The first-order chi connectivity index (χ1) is 9.22. The Kier molecular flexibility index (Phi) is 7.95. The average molecular weight is 287 g/mol. The molecule has 0 aromatic heterocycles. The fraction of sp³-hybridized carbons (Fsp3) is 0.667. The minimum Gasteiger partial charge on any atom is -0.480 e. The SMILES string of the molecule is CC(=O)NCC(=O)NCC(=O)N[C@H](CC(C)C)C(=O)O. The van der Waals surface area contributed by atoms with Gasteiger partial charge in [-0.15, -0.1) is 0 Å². The summed E-state index contributed by atoms with van der Waals surface area (Å²) < 4.78 is 0. The van der Waals surface area contributed by atoms with E-state index in [4.69, 9.17) is 5.11 Å². The minimum absolute atomic E-state index is 0.116. The number of nitrogens with one attached hydrogen (secondary N) is 3. The summed E-state index contributed by atoms with van der Waals surface area (Å²) >= 11 is 0. The lowest BCUT2D eigenvalue weighted by Crippen LogP contribution is -2.47. The maximum atomic E-state index is 11.5. The molecule has 1 atom stereocenters. The lowest BCUT2D eigenvalue weighted by molar-refractivity contribution is -0.142. The van der Waals surface area contributed by atoms with Crippen molar-refractivity contribution in [1.82, 2.24) is 16.0 Å². The average Bonchev–Trinajstić information content (AvgIpc) is 2.32. The summed E-state index contributed by atoms with van der Waals surface area (Å²) in [5, 5.41) is 15.8. The lowest BCUT2D eigenvalue weighted by Gasteiger charge is -2.16. The van der Waals surface area contributed by atoms with Crippen LogP contribution in [0, 0.1) is 5.92 Å². The van der Waals surface area contributed by atoms with Gasteiger partial charge in [0.25, 0.3) is 0 Å². The fourth-order valence-corrected chi connectivity index (χ4v) is 1.38. The Hall–Kier alpha value is -2.12. The van der Waals surface area contributed by atoms with E-state index in [1.807, 2.05) is 13.8 Å². The van der Waals surface area contributed by atoms with Gasteiger partial charge in [-0.25, -0.2) is 4.79 Å². The molecule has 0 radical (unpaired) electrons. The molecule has 0 aliphatic carbocycles. The van der Waals surface area contributed by atoms with Gasteiger partial charge in [-0.1, -0.05) is 13.8 Å². The van der Waals surface area contributed by atoms with Crippen molar-refractivity contribution in [3.63, 3.8) is 0 Å². The number of carbonyl (C=O) groups excluding carboxylic acids is 3.